The fraction of sp³-hybridized carbons (Fsp3) is 0.167. The first-order chi connectivity index (χ1) is 8.61. The molecule has 0 atom stereocenters. The predicted molar refractivity (Wildman–Crippen MR) is 64.7 cm³/mol. The van der Waals surface area contributed by atoms with Gasteiger partial charge in [-0.3, -0.25) is 14.3 Å². The molecule has 1 aromatic heterocycles. The lowest BCUT2D eigenvalue weighted by Crippen LogP contribution is -2.33. The van der Waals surface area contributed by atoms with Crippen molar-refractivity contribution in [2.24, 2.45) is 5.73 Å². The Morgan fingerprint density at radius 1 is 1.22 bits per heavy atom. The van der Waals surface area contributed by atoms with Gasteiger partial charge in [-0.1, -0.05) is 18.2 Å². The molecule has 0 aliphatic heterocycles. The molecule has 0 fully saturated rings. The van der Waals surface area contributed by atoms with Gasteiger partial charge in [-0.2, -0.15) is 0 Å². The third-order valence-electron chi connectivity index (χ3n) is 2.60. The lowest BCUT2D eigenvalue weighted by Gasteiger charge is -2.07. The summed E-state index contributed by atoms with van der Waals surface area (Å²) in [7, 11) is 0. The Balaban J connectivity index is 2.44. The van der Waals surface area contributed by atoms with E-state index in [2.05, 4.69) is 4.98 Å². The van der Waals surface area contributed by atoms with Gasteiger partial charge in [-0.15, -0.1) is 0 Å². The van der Waals surface area contributed by atoms with Crippen LogP contribution in [0.2, 0.25) is 0 Å². The van der Waals surface area contributed by atoms with E-state index >= 15 is 0 Å². The molecule has 1 aromatic carbocycles. The zero-order chi connectivity index (χ0) is 13.1. The molecule has 0 amide bonds. The molecule has 94 valence electrons. The van der Waals surface area contributed by atoms with Crippen LogP contribution in [0.1, 0.15) is 11.1 Å². The average molecular weight is 249 g/mol. The average Bonchev–Trinajstić information content (AvgIpc) is 2.35. The molecule has 0 saturated heterocycles. The first-order valence-electron chi connectivity index (χ1n) is 5.38. The van der Waals surface area contributed by atoms with Crippen LogP contribution in [0.4, 0.5) is 4.39 Å². The maximum Gasteiger partial charge on any atom is 0.328 e. The third-order valence-corrected chi connectivity index (χ3v) is 2.60. The maximum atomic E-state index is 13.5. The topological polar surface area (TPSA) is 80.9 Å². The number of nitrogens with zero attached hydrogens (tertiary/aromatic N) is 1. The third kappa shape index (κ3) is 2.38. The Kier molecular flexibility index (Phi) is 3.38. The van der Waals surface area contributed by atoms with Crippen molar-refractivity contribution in [2.75, 3.05) is 0 Å². The Labute approximate surface area is 102 Å². The van der Waals surface area contributed by atoms with Crippen molar-refractivity contribution in [3.05, 3.63) is 68.2 Å². The summed E-state index contributed by atoms with van der Waals surface area (Å²) in [6.45, 7) is 0.0716. The Morgan fingerprint density at radius 2 is 1.94 bits per heavy atom. The van der Waals surface area contributed by atoms with E-state index < -0.39 is 17.1 Å². The molecular weight excluding hydrogens is 237 g/mol. The van der Waals surface area contributed by atoms with Crippen molar-refractivity contribution >= 4 is 0 Å². The van der Waals surface area contributed by atoms with Crippen molar-refractivity contribution in [3.63, 3.8) is 0 Å². The molecule has 1 heterocycles. The van der Waals surface area contributed by atoms with E-state index in [9.17, 15) is 14.0 Å². The van der Waals surface area contributed by atoms with E-state index in [1.165, 1.54) is 16.8 Å². The summed E-state index contributed by atoms with van der Waals surface area (Å²) in [6.07, 6.45) is 1.35. The van der Waals surface area contributed by atoms with E-state index in [0.717, 1.165) is 0 Å². The summed E-state index contributed by atoms with van der Waals surface area (Å²) >= 11 is 0. The van der Waals surface area contributed by atoms with Crippen molar-refractivity contribution in [2.45, 2.75) is 13.1 Å². The SMILES string of the molecule is NCc1cn(Cc2ccccc2F)c(=O)[nH]c1=O. The maximum absolute atomic E-state index is 13.5. The van der Waals surface area contributed by atoms with Crippen LogP contribution in [0, 0.1) is 5.82 Å². The normalized spacial score (nSPS) is 10.6. The minimum Gasteiger partial charge on any atom is -0.326 e. The van der Waals surface area contributed by atoms with Gasteiger partial charge in [0.25, 0.3) is 5.56 Å². The number of H-pyrrole nitrogens is 1. The Hall–Kier alpha value is -2.21. The van der Waals surface area contributed by atoms with Gasteiger partial charge >= 0.3 is 5.69 Å². The summed E-state index contributed by atoms with van der Waals surface area (Å²) in [6, 6.07) is 6.14. The van der Waals surface area contributed by atoms with Gasteiger partial charge in [0, 0.05) is 23.9 Å². The van der Waals surface area contributed by atoms with E-state index in [0.29, 0.717) is 5.56 Å². The minimum absolute atomic E-state index is 0.0207. The molecule has 2 rings (SSSR count). The van der Waals surface area contributed by atoms with Gasteiger partial charge in [0.2, 0.25) is 0 Å². The first-order valence-corrected chi connectivity index (χ1v) is 5.38. The number of hydrogen-bond acceptors (Lipinski definition) is 3. The highest BCUT2D eigenvalue weighted by Crippen LogP contribution is 2.07. The number of nitrogens with one attached hydrogen (secondary N) is 1. The molecule has 0 bridgehead atoms. The molecule has 0 aliphatic rings. The standard InChI is InChI=1S/C12H12FN3O2/c13-10-4-2-1-3-8(10)6-16-7-9(5-14)11(17)15-12(16)18/h1-4,7H,5-6,14H2,(H,15,17,18). The molecule has 0 aliphatic carbocycles. The predicted octanol–water partition coefficient (Wildman–Crippen LogP) is 0.183. The fourth-order valence-electron chi connectivity index (χ4n) is 1.63. The van der Waals surface area contributed by atoms with Gasteiger partial charge in [0.1, 0.15) is 5.82 Å². The summed E-state index contributed by atoms with van der Waals surface area (Å²) in [4.78, 5) is 25.0. The largest absolute Gasteiger partial charge is 0.328 e. The number of benzene rings is 1. The summed E-state index contributed by atoms with van der Waals surface area (Å²) < 4.78 is 14.7. The fourth-order valence-corrected chi connectivity index (χ4v) is 1.63. The van der Waals surface area contributed by atoms with Crippen LogP contribution in [0.15, 0.2) is 40.1 Å². The Morgan fingerprint density at radius 3 is 2.61 bits per heavy atom. The highest BCUT2D eigenvalue weighted by atomic mass is 19.1. The number of aromatic nitrogens is 2. The van der Waals surface area contributed by atoms with Crippen LogP contribution in [0.3, 0.4) is 0 Å². The number of nitrogens with two attached hydrogens (primary N) is 1. The van der Waals surface area contributed by atoms with Crippen molar-refractivity contribution in [1.82, 2.24) is 9.55 Å². The summed E-state index contributed by atoms with van der Waals surface area (Å²) in [5, 5.41) is 0. The zero-order valence-electron chi connectivity index (χ0n) is 9.52. The van der Waals surface area contributed by atoms with Crippen molar-refractivity contribution < 1.29 is 4.39 Å². The van der Waals surface area contributed by atoms with E-state index in [-0.39, 0.29) is 18.7 Å². The second-order valence-corrected chi connectivity index (χ2v) is 3.84. The summed E-state index contributed by atoms with van der Waals surface area (Å²) in [5.74, 6) is -0.398. The molecule has 5 nitrogen and oxygen atoms in total. The molecule has 2 aromatic rings. The number of halogens is 1. The summed E-state index contributed by atoms with van der Waals surface area (Å²) in [5.41, 5.74) is 4.95. The molecule has 0 radical (unpaired) electrons. The van der Waals surface area contributed by atoms with Gasteiger partial charge in [0.05, 0.1) is 6.54 Å². The molecule has 0 saturated carbocycles. The molecule has 0 spiro atoms. The lowest BCUT2D eigenvalue weighted by atomic mass is 10.2. The van der Waals surface area contributed by atoms with Gasteiger partial charge in [0.15, 0.2) is 0 Å². The first kappa shape index (κ1) is 12.3. The molecular formula is C12H12FN3O2. The van der Waals surface area contributed by atoms with Crippen LogP contribution in [0.5, 0.6) is 0 Å². The van der Waals surface area contributed by atoms with Crippen LogP contribution in [0.25, 0.3) is 0 Å². The van der Waals surface area contributed by atoms with Crippen LogP contribution < -0.4 is 17.0 Å². The quantitative estimate of drug-likeness (QED) is 0.814. The van der Waals surface area contributed by atoms with Gasteiger partial charge in [-0.25, -0.2) is 9.18 Å². The zero-order valence-corrected chi connectivity index (χ0v) is 9.52. The van der Waals surface area contributed by atoms with Crippen molar-refractivity contribution in [3.8, 4) is 0 Å². The monoisotopic (exact) mass is 249 g/mol. The van der Waals surface area contributed by atoms with Crippen LogP contribution in [-0.2, 0) is 13.1 Å². The number of aromatic amines is 1. The number of hydrogen-bond donors (Lipinski definition) is 2. The Bertz CT molecular complexity index is 676. The number of rotatable bonds is 3. The highest BCUT2D eigenvalue weighted by molar-refractivity contribution is 5.18. The van der Waals surface area contributed by atoms with Gasteiger partial charge < -0.3 is 5.73 Å². The highest BCUT2D eigenvalue weighted by Gasteiger charge is 2.06. The van der Waals surface area contributed by atoms with E-state index in [1.54, 1.807) is 18.2 Å². The lowest BCUT2D eigenvalue weighted by molar-refractivity contribution is 0.591. The second-order valence-electron chi connectivity index (χ2n) is 3.84. The minimum atomic E-state index is -0.583. The molecule has 3 N–H and O–H groups in total. The molecule has 18 heavy (non-hydrogen) atoms. The van der Waals surface area contributed by atoms with Crippen molar-refractivity contribution in [1.29, 1.82) is 0 Å². The van der Waals surface area contributed by atoms with Crippen LogP contribution >= 0.6 is 0 Å². The molecule has 6 heteroatoms. The second kappa shape index (κ2) is 4.97. The molecule has 0 unspecified atom stereocenters. The van der Waals surface area contributed by atoms with Crippen LogP contribution in [-0.4, -0.2) is 9.55 Å². The van der Waals surface area contributed by atoms with Gasteiger partial charge in [-0.05, 0) is 6.07 Å². The van der Waals surface area contributed by atoms with E-state index in [1.807, 2.05) is 0 Å². The smallest absolute Gasteiger partial charge is 0.326 e. The van der Waals surface area contributed by atoms with E-state index in [4.69, 9.17) is 5.73 Å².